The van der Waals surface area contributed by atoms with Crippen molar-refractivity contribution >= 4 is 6.09 Å². The van der Waals surface area contributed by atoms with Gasteiger partial charge in [-0.05, 0) is 24.3 Å². The van der Waals surface area contributed by atoms with E-state index in [9.17, 15) is 9.59 Å². The summed E-state index contributed by atoms with van der Waals surface area (Å²) in [7, 11) is 0. The number of carbonyl (C=O) groups is 1. The van der Waals surface area contributed by atoms with Crippen LogP contribution in [0.4, 0.5) is 4.79 Å². The second-order valence-electron chi connectivity index (χ2n) is 5.90. The largest absolute Gasteiger partial charge is 0.415 e. The Kier molecular flexibility index (Phi) is 3.85. The van der Waals surface area contributed by atoms with E-state index in [0.717, 1.165) is 11.4 Å². The first-order valence-corrected chi connectivity index (χ1v) is 8.12. The van der Waals surface area contributed by atoms with Crippen molar-refractivity contribution in [2.75, 3.05) is 6.54 Å². The van der Waals surface area contributed by atoms with Crippen LogP contribution in [0.3, 0.4) is 0 Å². The van der Waals surface area contributed by atoms with Crippen LogP contribution in [0.15, 0.2) is 65.5 Å². The predicted octanol–water partition coefficient (Wildman–Crippen LogP) is 2.72. The summed E-state index contributed by atoms with van der Waals surface area (Å²) in [6.45, 7) is 0.754. The van der Waals surface area contributed by atoms with E-state index in [0.29, 0.717) is 24.3 Å². The molecule has 1 N–H and O–H groups in total. The molecule has 25 heavy (non-hydrogen) atoms. The highest BCUT2D eigenvalue weighted by Crippen LogP contribution is 2.18. The van der Waals surface area contributed by atoms with Gasteiger partial charge in [0.05, 0.1) is 17.8 Å². The van der Waals surface area contributed by atoms with Crippen molar-refractivity contribution in [3.05, 3.63) is 82.3 Å². The number of amides is 1. The van der Waals surface area contributed by atoms with E-state index >= 15 is 0 Å². The molecule has 2 heterocycles. The highest BCUT2D eigenvalue weighted by atomic mass is 16.6. The van der Waals surface area contributed by atoms with Gasteiger partial charge in [-0.1, -0.05) is 36.4 Å². The van der Waals surface area contributed by atoms with Gasteiger partial charge in [0, 0.05) is 18.7 Å². The Bertz CT molecular complexity index is 945. The summed E-state index contributed by atoms with van der Waals surface area (Å²) in [5.41, 5.74) is 2.14. The molecule has 4 rings (SSSR count). The van der Waals surface area contributed by atoms with Gasteiger partial charge < -0.3 is 9.64 Å². The molecule has 0 bridgehead atoms. The first-order valence-electron chi connectivity index (χ1n) is 8.12. The summed E-state index contributed by atoms with van der Waals surface area (Å²) in [6, 6.07) is 18.3. The van der Waals surface area contributed by atoms with Crippen molar-refractivity contribution in [2.24, 2.45) is 0 Å². The smallest absolute Gasteiger partial charge is 0.410 e. The molecule has 0 saturated heterocycles. The van der Waals surface area contributed by atoms with Crippen LogP contribution in [-0.2, 0) is 13.0 Å². The highest BCUT2D eigenvalue weighted by Gasteiger charge is 2.27. The van der Waals surface area contributed by atoms with Crippen LogP contribution in [-0.4, -0.2) is 27.3 Å². The Balaban J connectivity index is 1.56. The normalized spacial score (nSPS) is 13.4. The fourth-order valence-corrected chi connectivity index (χ4v) is 2.97. The lowest BCUT2D eigenvalue weighted by atomic mass is 10.1. The molecule has 1 amide bonds. The maximum Gasteiger partial charge on any atom is 0.415 e. The molecule has 0 unspecified atom stereocenters. The fourth-order valence-electron chi connectivity index (χ4n) is 2.97. The van der Waals surface area contributed by atoms with Gasteiger partial charge in [-0.3, -0.25) is 9.89 Å². The number of fused-ring (bicyclic) bond motifs is 1. The van der Waals surface area contributed by atoms with E-state index < -0.39 is 6.09 Å². The zero-order valence-electron chi connectivity index (χ0n) is 13.5. The van der Waals surface area contributed by atoms with E-state index in [-0.39, 0.29) is 12.1 Å². The molecule has 6 heteroatoms. The van der Waals surface area contributed by atoms with Gasteiger partial charge in [0.2, 0.25) is 0 Å². The molecular weight excluding hydrogens is 318 g/mol. The Morgan fingerprint density at radius 1 is 1.00 bits per heavy atom. The average molecular weight is 335 g/mol. The van der Waals surface area contributed by atoms with Crippen molar-refractivity contribution < 1.29 is 9.53 Å². The van der Waals surface area contributed by atoms with Gasteiger partial charge in [0.15, 0.2) is 0 Å². The van der Waals surface area contributed by atoms with Crippen molar-refractivity contribution in [1.82, 2.24) is 14.7 Å². The SMILES string of the molecule is O=C(Oc1ccccc1)N1CCc2[nH]n(-c3ccccc3)c(=O)c2C1. The third-order valence-corrected chi connectivity index (χ3v) is 4.27. The molecular formula is C19H17N3O3. The van der Waals surface area contributed by atoms with Crippen molar-refractivity contribution in [2.45, 2.75) is 13.0 Å². The van der Waals surface area contributed by atoms with Crippen LogP contribution in [0.2, 0.25) is 0 Å². The highest BCUT2D eigenvalue weighted by molar-refractivity contribution is 5.71. The number of para-hydroxylation sites is 2. The maximum absolute atomic E-state index is 12.7. The molecule has 0 radical (unpaired) electrons. The predicted molar refractivity (Wildman–Crippen MR) is 93.0 cm³/mol. The number of hydrogen-bond acceptors (Lipinski definition) is 3. The lowest BCUT2D eigenvalue weighted by Crippen LogP contribution is -2.39. The van der Waals surface area contributed by atoms with E-state index in [1.54, 1.807) is 17.0 Å². The average Bonchev–Trinajstić information content (AvgIpc) is 2.99. The zero-order valence-corrected chi connectivity index (χ0v) is 13.5. The summed E-state index contributed by atoms with van der Waals surface area (Å²) >= 11 is 0. The second kappa shape index (κ2) is 6.32. The third-order valence-electron chi connectivity index (χ3n) is 4.27. The number of H-pyrrole nitrogens is 1. The summed E-state index contributed by atoms with van der Waals surface area (Å²) < 4.78 is 6.89. The Hall–Kier alpha value is -3.28. The van der Waals surface area contributed by atoms with Crippen LogP contribution in [0.5, 0.6) is 5.75 Å². The molecule has 2 aromatic carbocycles. The summed E-state index contributed by atoms with van der Waals surface area (Å²) in [4.78, 5) is 26.6. The number of aromatic nitrogens is 2. The molecule has 0 fully saturated rings. The Morgan fingerprint density at radius 2 is 1.68 bits per heavy atom. The van der Waals surface area contributed by atoms with Crippen LogP contribution >= 0.6 is 0 Å². The topological polar surface area (TPSA) is 67.3 Å². The third kappa shape index (κ3) is 2.94. The number of ether oxygens (including phenoxy) is 1. The number of hydrogen-bond donors (Lipinski definition) is 1. The summed E-state index contributed by atoms with van der Waals surface area (Å²) in [5, 5.41) is 3.15. The number of nitrogens with one attached hydrogen (secondary N) is 1. The van der Waals surface area contributed by atoms with Crippen LogP contribution in [0, 0.1) is 0 Å². The molecule has 1 aliphatic heterocycles. The van der Waals surface area contributed by atoms with Crippen LogP contribution in [0.1, 0.15) is 11.3 Å². The van der Waals surface area contributed by atoms with Gasteiger partial charge >= 0.3 is 6.09 Å². The molecule has 0 aliphatic carbocycles. The maximum atomic E-state index is 12.7. The van der Waals surface area contributed by atoms with Crippen molar-refractivity contribution in [3.8, 4) is 11.4 Å². The molecule has 1 aromatic heterocycles. The van der Waals surface area contributed by atoms with Gasteiger partial charge in [-0.2, -0.15) is 0 Å². The molecule has 126 valence electrons. The monoisotopic (exact) mass is 335 g/mol. The van der Waals surface area contributed by atoms with Gasteiger partial charge in [0.1, 0.15) is 5.75 Å². The lowest BCUT2D eigenvalue weighted by molar-refractivity contribution is 0.146. The summed E-state index contributed by atoms with van der Waals surface area (Å²) in [5.74, 6) is 0.495. The molecule has 0 saturated carbocycles. The standard InChI is InChI=1S/C19H17N3O3/c23-18-16-13-21(19(24)25-15-9-5-2-6-10-15)12-11-17(16)20-22(18)14-7-3-1-4-8-14/h1-10,20H,11-13H2. The zero-order chi connectivity index (χ0) is 17.2. The van der Waals surface area contributed by atoms with Crippen molar-refractivity contribution in [1.29, 1.82) is 0 Å². The molecule has 3 aromatic rings. The molecule has 6 nitrogen and oxygen atoms in total. The molecule has 1 aliphatic rings. The molecule has 0 atom stereocenters. The van der Waals surface area contributed by atoms with Crippen LogP contribution in [0.25, 0.3) is 5.69 Å². The number of aromatic amines is 1. The quantitative estimate of drug-likeness (QED) is 0.783. The number of carbonyl (C=O) groups excluding carboxylic acids is 1. The minimum atomic E-state index is -0.441. The first-order chi connectivity index (χ1) is 12.2. The fraction of sp³-hybridized carbons (Fsp3) is 0.158. The first kappa shape index (κ1) is 15.3. The summed E-state index contributed by atoms with van der Waals surface area (Å²) in [6.07, 6.45) is 0.151. The minimum absolute atomic E-state index is 0.126. The number of benzene rings is 2. The van der Waals surface area contributed by atoms with Gasteiger partial charge in [-0.15, -0.1) is 0 Å². The van der Waals surface area contributed by atoms with E-state index in [2.05, 4.69) is 5.10 Å². The van der Waals surface area contributed by atoms with E-state index in [1.807, 2.05) is 48.5 Å². The Labute approximate surface area is 144 Å². The number of rotatable bonds is 2. The Morgan fingerprint density at radius 3 is 2.40 bits per heavy atom. The minimum Gasteiger partial charge on any atom is -0.410 e. The van der Waals surface area contributed by atoms with Crippen LogP contribution < -0.4 is 10.3 Å². The van der Waals surface area contributed by atoms with Gasteiger partial charge in [0.25, 0.3) is 5.56 Å². The number of nitrogens with zero attached hydrogens (tertiary/aromatic N) is 2. The molecule has 0 spiro atoms. The van der Waals surface area contributed by atoms with Crippen molar-refractivity contribution in [3.63, 3.8) is 0 Å². The lowest BCUT2D eigenvalue weighted by Gasteiger charge is -2.25. The van der Waals surface area contributed by atoms with Gasteiger partial charge in [-0.25, -0.2) is 9.48 Å². The second-order valence-corrected chi connectivity index (χ2v) is 5.90. The van der Waals surface area contributed by atoms with E-state index in [4.69, 9.17) is 4.74 Å². The van der Waals surface area contributed by atoms with E-state index in [1.165, 1.54) is 4.68 Å².